The highest BCUT2D eigenvalue weighted by atomic mass is 32.3. The molecule has 6 aromatic carbocycles. The van der Waals surface area contributed by atoms with Crippen molar-refractivity contribution in [3.05, 3.63) is 169 Å². The van der Waals surface area contributed by atoms with Gasteiger partial charge in [-0.15, -0.1) is 0 Å². The zero-order chi connectivity index (χ0) is 38.3. The molecule has 10 nitrogen and oxygen atoms in total. The van der Waals surface area contributed by atoms with E-state index in [9.17, 15) is 36.9 Å². The molecule has 0 radical (unpaired) electrons. The second-order valence-electron chi connectivity index (χ2n) is 11.8. The van der Waals surface area contributed by atoms with Crippen molar-refractivity contribution >= 4 is 81.4 Å². The van der Waals surface area contributed by atoms with Crippen molar-refractivity contribution in [2.45, 2.75) is 0 Å². The minimum absolute atomic E-state index is 0.0421. The summed E-state index contributed by atoms with van der Waals surface area (Å²) in [6.45, 7) is 0. The lowest BCUT2D eigenvalue weighted by atomic mass is 9.95. The molecule has 0 aliphatic rings. The third-order valence-electron chi connectivity index (χ3n) is 8.01. The van der Waals surface area contributed by atoms with Crippen molar-refractivity contribution in [1.82, 2.24) is 0 Å². The number of carbonyl (C=O) groups is 2. The molecule has 0 atom stereocenters. The van der Waals surface area contributed by atoms with E-state index in [4.69, 9.17) is 9.47 Å². The van der Waals surface area contributed by atoms with Crippen LogP contribution in [0.3, 0.4) is 0 Å². The first-order valence-corrected chi connectivity index (χ1v) is 22.3. The molecule has 6 N–H and O–H groups in total. The van der Waals surface area contributed by atoms with Crippen LogP contribution in [-0.4, -0.2) is 51.1 Å². The van der Waals surface area contributed by atoms with Crippen molar-refractivity contribution in [3.8, 4) is 11.1 Å². The van der Waals surface area contributed by atoms with Crippen molar-refractivity contribution in [1.29, 1.82) is 0 Å². The predicted molar refractivity (Wildman–Crippen MR) is 221 cm³/mol. The van der Waals surface area contributed by atoms with E-state index >= 15 is 0 Å². The normalized spacial score (nSPS) is 12.4. The Morgan fingerprint density at radius 3 is 0.944 bits per heavy atom. The number of ether oxygens (including phenoxy) is 2. The minimum Gasteiger partial charge on any atom is -0.446 e. The lowest BCUT2D eigenvalue weighted by Crippen LogP contribution is -2.29. The smallest absolute Gasteiger partial charge is 0.339 e. The van der Waals surface area contributed by atoms with Gasteiger partial charge in [-0.1, -0.05) is 146 Å². The minimum atomic E-state index is -4.23. The van der Waals surface area contributed by atoms with Crippen molar-refractivity contribution < 1.29 is 46.4 Å². The highest BCUT2D eigenvalue weighted by Gasteiger charge is 2.33. The molecule has 6 rings (SSSR count). The van der Waals surface area contributed by atoms with E-state index in [1.807, 2.05) is 133 Å². The lowest BCUT2D eigenvalue weighted by molar-refractivity contribution is 0.0544. The fraction of sp³-hybridized carbons (Fsp3) is 0.0500. The largest absolute Gasteiger partial charge is 0.446 e. The van der Waals surface area contributed by atoms with Gasteiger partial charge in [0.15, 0.2) is 11.9 Å². The Morgan fingerprint density at radius 2 is 0.685 bits per heavy atom. The van der Waals surface area contributed by atoms with Gasteiger partial charge < -0.3 is 36.8 Å². The van der Waals surface area contributed by atoms with Crippen LogP contribution >= 0.6 is 37.6 Å². The number of rotatable bonds is 13. The van der Waals surface area contributed by atoms with Gasteiger partial charge in [-0.05, 0) is 59.8 Å². The second-order valence-corrected chi connectivity index (χ2v) is 19.1. The summed E-state index contributed by atoms with van der Waals surface area (Å²) in [6, 6.07) is 48.7. The van der Waals surface area contributed by atoms with Gasteiger partial charge in [0.05, 0.1) is 11.1 Å². The molecule has 0 aliphatic carbocycles. The standard InChI is InChI=1S/C40H36O10P2S2/c41-39(49-27-53(43,44)45)33-23-13-25-35(51(29-15-5-1-6-16-29)30-17-7-2-8-18-30)37(33)38-34(40(42)50-28-54(46,47)48)24-14-26-36(38)52(31-19-9-3-10-20-31)32-21-11-4-12-22-32/h1-26,43-48H,27-28H2. The van der Waals surface area contributed by atoms with Gasteiger partial charge >= 0.3 is 11.9 Å². The monoisotopic (exact) mass is 802 g/mol. The summed E-state index contributed by atoms with van der Waals surface area (Å²) < 4.78 is 69.1. The molecule has 0 saturated carbocycles. The Hall–Kier alpha value is -4.42. The molecule has 0 heterocycles. The molecule has 0 amide bonds. The number of carbonyl (C=O) groups excluding carboxylic acids is 2. The number of hydrogen-bond donors (Lipinski definition) is 6. The maximum absolute atomic E-state index is 14.2. The summed E-state index contributed by atoms with van der Waals surface area (Å²) >= 11 is 0. The van der Waals surface area contributed by atoms with Crippen LogP contribution in [0.4, 0.5) is 0 Å². The highest BCUT2D eigenvalue weighted by Crippen LogP contribution is 2.44. The third-order valence-corrected chi connectivity index (χ3v) is 13.8. The Kier molecular flexibility index (Phi) is 12.6. The van der Waals surface area contributed by atoms with Gasteiger partial charge in [-0.25, -0.2) is 9.59 Å². The van der Waals surface area contributed by atoms with Gasteiger partial charge in [0.1, 0.15) is 21.7 Å². The van der Waals surface area contributed by atoms with Crippen LogP contribution in [0.1, 0.15) is 20.7 Å². The summed E-state index contributed by atoms with van der Waals surface area (Å²) in [5, 5.41) is 4.94. The highest BCUT2D eigenvalue weighted by molar-refractivity contribution is 8.19. The fourth-order valence-electron chi connectivity index (χ4n) is 5.90. The molecular formula is C40H36O10P2S2. The zero-order valence-electron chi connectivity index (χ0n) is 28.5. The van der Waals surface area contributed by atoms with Crippen LogP contribution in [0, 0.1) is 0 Å². The lowest BCUT2D eigenvalue weighted by Gasteiger charge is -2.29. The Labute approximate surface area is 318 Å². The van der Waals surface area contributed by atoms with Crippen LogP contribution in [0.2, 0.25) is 0 Å². The molecule has 0 saturated heterocycles. The van der Waals surface area contributed by atoms with E-state index in [-0.39, 0.29) is 22.3 Å². The van der Waals surface area contributed by atoms with Gasteiger partial charge in [-0.2, -0.15) is 0 Å². The summed E-state index contributed by atoms with van der Waals surface area (Å²) in [6.07, 6.45) is 0. The summed E-state index contributed by atoms with van der Waals surface area (Å²) in [4.78, 5) is 28.3. The maximum atomic E-state index is 14.2. The predicted octanol–water partition coefficient (Wildman–Crippen LogP) is 7.55. The van der Waals surface area contributed by atoms with Crippen LogP contribution in [-0.2, 0) is 9.47 Å². The fourth-order valence-corrected chi connectivity index (χ4v) is 11.4. The molecular weight excluding hydrogens is 767 g/mol. The van der Waals surface area contributed by atoms with E-state index in [1.54, 1.807) is 12.1 Å². The van der Waals surface area contributed by atoms with E-state index in [1.165, 1.54) is 12.1 Å². The van der Waals surface area contributed by atoms with Crippen LogP contribution in [0.5, 0.6) is 0 Å². The average Bonchev–Trinajstić information content (AvgIpc) is 3.17. The number of benzene rings is 6. The van der Waals surface area contributed by atoms with Crippen LogP contribution in [0.25, 0.3) is 11.1 Å². The molecule has 0 unspecified atom stereocenters. The van der Waals surface area contributed by atoms with Gasteiger partial charge in [-0.3, -0.25) is 0 Å². The molecule has 0 fully saturated rings. The average molecular weight is 803 g/mol. The van der Waals surface area contributed by atoms with Gasteiger partial charge in [0, 0.05) is 11.1 Å². The summed E-state index contributed by atoms with van der Waals surface area (Å²) in [5.41, 5.74) is 0.487. The number of hydrogen-bond acceptors (Lipinski definition) is 10. The first kappa shape index (κ1) is 39.3. The Bertz CT molecular complexity index is 1960. The van der Waals surface area contributed by atoms with E-state index in [2.05, 4.69) is 0 Å². The quantitative estimate of drug-likeness (QED) is 0.0506. The molecule has 0 aromatic heterocycles. The Morgan fingerprint density at radius 1 is 0.407 bits per heavy atom. The SMILES string of the molecule is O=C(OCS(O)(O)O)c1cccc(P(c2ccccc2)c2ccccc2)c1-c1c(C(=O)OCS(O)(O)O)cccc1P(c1ccccc1)c1ccccc1. The van der Waals surface area contributed by atoms with Crippen molar-refractivity contribution in [2.24, 2.45) is 0 Å². The van der Waals surface area contributed by atoms with Crippen molar-refractivity contribution in [2.75, 3.05) is 11.9 Å². The molecule has 14 heteroatoms. The second kappa shape index (κ2) is 17.4. The molecule has 0 aliphatic heterocycles. The van der Waals surface area contributed by atoms with Gasteiger partial charge in [0.2, 0.25) is 0 Å². The Balaban J connectivity index is 1.74. The van der Waals surface area contributed by atoms with Crippen LogP contribution in [0.15, 0.2) is 158 Å². The first-order valence-electron chi connectivity index (χ1n) is 16.3. The summed E-state index contributed by atoms with van der Waals surface area (Å²) in [7, 11) is -11.4. The summed E-state index contributed by atoms with van der Waals surface area (Å²) in [5.74, 6) is -4.18. The van der Waals surface area contributed by atoms with E-state index < -0.39 is 61.4 Å². The number of esters is 2. The van der Waals surface area contributed by atoms with E-state index in [0.29, 0.717) is 10.6 Å². The topological polar surface area (TPSA) is 174 Å². The molecule has 0 bridgehead atoms. The zero-order valence-corrected chi connectivity index (χ0v) is 31.9. The third kappa shape index (κ3) is 9.62. The van der Waals surface area contributed by atoms with E-state index in [0.717, 1.165) is 21.2 Å². The van der Waals surface area contributed by atoms with Crippen LogP contribution < -0.4 is 31.8 Å². The van der Waals surface area contributed by atoms with Crippen molar-refractivity contribution in [3.63, 3.8) is 0 Å². The molecule has 278 valence electrons. The molecule has 54 heavy (non-hydrogen) atoms. The molecule has 0 spiro atoms. The maximum Gasteiger partial charge on any atom is 0.339 e. The molecule has 6 aromatic rings. The first-order chi connectivity index (χ1) is 25.9. The van der Waals surface area contributed by atoms with Gasteiger partial charge in [0.25, 0.3) is 0 Å².